The summed E-state index contributed by atoms with van der Waals surface area (Å²) in [5.41, 5.74) is 5.38. The van der Waals surface area contributed by atoms with Crippen molar-refractivity contribution in [2.45, 2.75) is 32.6 Å². The van der Waals surface area contributed by atoms with Crippen LogP contribution in [0.4, 0.5) is 0 Å². The smallest absolute Gasteiger partial charge is 0.328 e. The predicted octanol–water partition coefficient (Wildman–Crippen LogP) is 2.07. The van der Waals surface area contributed by atoms with Crippen molar-refractivity contribution in [3.63, 3.8) is 0 Å². The van der Waals surface area contributed by atoms with Crippen LogP contribution in [0.1, 0.15) is 23.1 Å². The van der Waals surface area contributed by atoms with Crippen molar-refractivity contribution in [3.8, 4) is 0 Å². The van der Waals surface area contributed by atoms with Gasteiger partial charge in [-0.15, -0.1) is 12.4 Å². The van der Waals surface area contributed by atoms with Gasteiger partial charge in [0.05, 0.1) is 11.0 Å². The summed E-state index contributed by atoms with van der Waals surface area (Å²) in [6.45, 7) is 2.69. The zero-order chi connectivity index (χ0) is 18.1. The van der Waals surface area contributed by atoms with Gasteiger partial charge < -0.3 is 10.6 Å². The molecule has 2 heterocycles. The second-order valence-corrected chi connectivity index (χ2v) is 6.72. The predicted molar refractivity (Wildman–Crippen MR) is 108 cm³/mol. The topological polar surface area (TPSA) is 68.1 Å². The van der Waals surface area contributed by atoms with Crippen LogP contribution < -0.4 is 16.3 Å². The molecule has 1 aromatic heterocycles. The maximum Gasteiger partial charge on any atom is 0.328 e. The molecule has 4 rings (SSSR count). The fourth-order valence-corrected chi connectivity index (χ4v) is 3.54. The summed E-state index contributed by atoms with van der Waals surface area (Å²) in [7, 11) is 1.75. The lowest BCUT2D eigenvalue weighted by atomic mass is 10.1. The third-order valence-corrected chi connectivity index (χ3v) is 5.01. The average molecular weight is 387 g/mol. The summed E-state index contributed by atoms with van der Waals surface area (Å²) >= 11 is 0. The van der Waals surface area contributed by atoms with E-state index in [1.54, 1.807) is 16.2 Å². The Morgan fingerprint density at radius 1 is 1.11 bits per heavy atom. The Labute approximate surface area is 163 Å². The highest BCUT2D eigenvalue weighted by molar-refractivity contribution is 5.85. The van der Waals surface area contributed by atoms with E-state index in [2.05, 4.69) is 28.8 Å². The lowest BCUT2D eigenvalue weighted by Crippen LogP contribution is -2.27. The van der Waals surface area contributed by atoms with E-state index in [-0.39, 0.29) is 30.4 Å². The lowest BCUT2D eigenvalue weighted by molar-refractivity contribution is -0.121. The number of nitrogens with zero attached hydrogens (tertiary/aromatic N) is 2. The fraction of sp³-hybridized carbons (Fsp3) is 0.300. The highest BCUT2D eigenvalue weighted by Gasteiger charge is 2.12. The number of hydrogen-bond acceptors (Lipinski definition) is 3. The second-order valence-electron chi connectivity index (χ2n) is 6.72. The molecule has 1 aliphatic rings. The minimum Gasteiger partial charge on any atom is -0.352 e. The third-order valence-electron chi connectivity index (χ3n) is 5.01. The van der Waals surface area contributed by atoms with E-state index >= 15 is 0 Å². The second kappa shape index (κ2) is 7.98. The van der Waals surface area contributed by atoms with Crippen molar-refractivity contribution >= 4 is 29.3 Å². The molecule has 1 amide bonds. The van der Waals surface area contributed by atoms with Crippen molar-refractivity contribution in [1.82, 2.24) is 19.8 Å². The van der Waals surface area contributed by atoms with E-state index in [0.717, 1.165) is 29.7 Å². The van der Waals surface area contributed by atoms with Gasteiger partial charge in [-0.2, -0.15) is 0 Å². The molecule has 0 saturated carbocycles. The van der Waals surface area contributed by atoms with Crippen molar-refractivity contribution in [1.29, 1.82) is 0 Å². The number of rotatable bonds is 5. The van der Waals surface area contributed by atoms with Gasteiger partial charge in [0.25, 0.3) is 0 Å². The van der Waals surface area contributed by atoms with Gasteiger partial charge in [-0.1, -0.05) is 30.3 Å². The molecule has 0 aliphatic carbocycles. The lowest BCUT2D eigenvalue weighted by Gasteiger charge is -2.08. The van der Waals surface area contributed by atoms with E-state index in [0.29, 0.717) is 13.1 Å². The average Bonchev–Trinajstić information content (AvgIpc) is 3.22. The summed E-state index contributed by atoms with van der Waals surface area (Å²) < 4.78 is 3.28. The van der Waals surface area contributed by atoms with Crippen molar-refractivity contribution in [2.24, 2.45) is 7.05 Å². The van der Waals surface area contributed by atoms with Gasteiger partial charge in [0.15, 0.2) is 0 Å². The first kappa shape index (κ1) is 19.2. The molecule has 7 heteroatoms. The maximum atomic E-state index is 12.4. The molecule has 27 heavy (non-hydrogen) atoms. The number of halogens is 1. The SMILES string of the molecule is Cl.Cn1c(=O)n(CCC(=O)NCc2ccc3c(c2)CNC3)c2ccccc21. The molecular formula is C20H23ClN4O2. The van der Waals surface area contributed by atoms with Crippen LogP contribution in [-0.2, 0) is 38.0 Å². The van der Waals surface area contributed by atoms with Crippen molar-refractivity contribution in [3.05, 3.63) is 69.6 Å². The Morgan fingerprint density at radius 2 is 1.85 bits per heavy atom. The van der Waals surface area contributed by atoms with E-state index in [1.807, 2.05) is 24.3 Å². The number of para-hydroxylation sites is 2. The van der Waals surface area contributed by atoms with E-state index in [1.165, 1.54) is 11.1 Å². The number of aryl methyl sites for hydroxylation is 2. The minimum atomic E-state index is -0.0925. The Balaban J connectivity index is 0.00000210. The van der Waals surface area contributed by atoms with E-state index in [4.69, 9.17) is 0 Å². The molecule has 0 radical (unpaired) electrons. The van der Waals surface area contributed by atoms with Crippen LogP contribution >= 0.6 is 12.4 Å². The number of fused-ring (bicyclic) bond motifs is 2. The summed E-state index contributed by atoms with van der Waals surface area (Å²) in [6, 6.07) is 14.0. The van der Waals surface area contributed by atoms with E-state index in [9.17, 15) is 9.59 Å². The molecule has 142 valence electrons. The number of aromatic nitrogens is 2. The molecule has 0 saturated heterocycles. The summed E-state index contributed by atoms with van der Waals surface area (Å²) in [4.78, 5) is 24.6. The number of benzene rings is 2. The molecule has 1 aliphatic heterocycles. The van der Waals surface area contributed by atoms with Gasteiger partial charge >= 0.3 is 5.69 Å². The molecular weight excluding hydrogens is 364 g/mol. The Kier molecular flexibility index (Phi) is 5.68. The monoisotopic (exact) mass is 386 g/mol. The largest absolute Gasteiger partial charge is 0.352 e. The molecule has 2 aromatic carbocycles. The fourth-order valence-electron chi connectivity index (χ4n) is 3.54. The van der Waals surface area contributed by atoms with Gasteiger partial charge in [0, 0.05) is 39.6 Å². The zero-order valence-electron chi connectivity index (χ0n) is 15.2. The number of amides is 1. The highest BCUT2D eigenvalue weighted by Crippen LogP contribution is 2.17. The minimum absolute atomic E-state index is 0. The summed E-state index contributed by atoms with van der Waals surface area (Å²) in [6.07, 6.45) is 0.278. The maximum absolute atomic E-state index is 12.4. The molecule has 6 nitrogen and oxygen atoms in total. The molecule has 0 spiro atoms. The van der Waals surface area contributed by atoms with Crippen molar-refractivity contribution < 1.29 is 4.79 Å². The van der Waals surface area contributed by atoms with Gasteiger partial charge in [-0.25, -0.2) is 4.79 Å². The normalized spacial score (nSPS) is 12.6. The summed E-state index contributed by atoms with van der Waals surface area (Å²) in [5.74, 6) is -0.0524. The first-order valence-electron chi connectivity index (χ1n) is 8.86. The zero-order valence-corrected chi connectivity index (χ0v) is 16.0. The Hall–Kier alpha value is -2.57. The molecule has 0 atom stereocenters. The van der Waals surface area contributed by atoms with E-state index < -0.39 is 0 Å². The van der Waals surface area contributed by atoms with Gasteiger partial charge in [0.1, 0.15) is 0 Å². The first-order chi connectivity index (χ1) is 12.6. The van der Waals surface area contributed by atoms with Crippen LogP contribution in [-0.4, -0.2) is 15.0 Å². The number of hydrogen-bond donors (Lipinski definition) is 2. The highest BCUT2D eigenvalue weighted by atomic mass is 35.5. The van der Waals surface area contributed by atoms with Crippen LogP contribution in [0.3, 0.4) is 0 Å². The number of carbonyl (C=O) groups excluding carboxylic acids is 1. The Bertz CT molecular complexity index is 1040. The summed E-state index contributed by atoms with van der Waals surface area (Å²) in [5, 5.41) is 6.27. The van der Waals surface area contributed by atoms with Crippen LogP contribution in [0, 0.1) is 0 Å². The molecule has 0 bridgehead atoms. The molecule has 0 fully saturated rings. The first-order valence-corrected chi connectivity index (χ1v) is 8.86. The Morgan fingerprint density at radius 3 is 2.67 bits per heavy atom. The van der Waals surface area contributed by atoms with Gasteiger partial charge in [-0.3, -0.25) is 13.9 Å². The molecule has 2 N–H and O–H groups in total. The van der Waals surface area contributed by atoms with Crippen LogP contribution in [0.2, 0.25) is 0 Å². The van der Waals surface area contributed by atoms with Gasteiger partial charge in [-0.05, 0) is 28.8 Å². The quantitative estimate of drug-likeness (QED) is 0.705. The number of nitrogens with one attached hydrogen (secondary N) is 2. The molecule has 3 aromatic rings. The van der Waals surface area contributed by atoms with Crippen LogP contribution in [0.15, 0.2) is 47.3 Å². The van der Waals surface area contributed by atoms with Crippen molar-refractivity contribution in [2.75, 3.05) is 0 Å². The number of carbonyl (C=O) groups is 1. The third kappa shape index (κ3) is 3.77. The standard InChI is InChI=1S/C20H22N4O2.ClH/c1-23-17-4-2-3-5-18(17)24(20(23)26)9-8-19(25)22-11-14-6-7-15-12-21-13-16(15)10-14;/h2-7,10,21H,8-9,11-13H2,1H3,(H,22,25);1H. The van der Waals surface area contributed by atoms with Gasteiger partial charge in [0.2, 0.25) is 5.91 Å². The van der Waals surface area contributed by atoms with Crippen LogP contribution in [0.25, 0.3) is 11.0 Å². The van der Waals surface area contributed by atoms with Crippen LogP contribution in [0.5, 0.6) is 0 Å². The number of imidazole rings is 1. The molecule has 0 unspecified atom stereocenters.